The minimum absolute atomic E-state index is 0.806. The van der Waals surface area contributed by atoms with E-state index in [-0.39, 0.29) is 0 Å². The van der Waals surface area contributed by atoms with Crippen LogP contribution >= 0.6 is 11.3 Å². The van der Waals surface area contributed by atoms with Gasteiger partial charge in [0.15, 0.2) is 0 Å². The van der Waals surface area contributed by atoms with E-state index in [1.807, 2.05) is 6.21 Å². The Morgan fingerprint density at radius 3 is 2.52 bits per heavy atom. The van der Waals surface area contributed by atoms with Crippen molar-refractivity contribution in [1.29, 1.82) is 5.26 Å². The molecule has 1 aromatic heterocycles. The van der Waals surface area contributed by atoms with Crippen molar-refractivity contribution in [3.63, 3.8) is 0 Å². The molecule has 0 N–H and O–H groups in total. The molecule has 128 valence electrons. The molecule has 0 radical (unpaired) electrons. The summed E-state index contributed by atoms with van der Waals surface area (Å²) in [4.78, 5) is 8.49. The van der Waals surface area contributed by atoms with Crippen molar-refractivity contribution >= 4 is 28.2 Å². The summed E-state index contributed by atoms with van der Waals surface area (Å²) >= 11 is 1.70. The normalized spacial score (nSPS) is 17.5. The molecule has 2 heterocycles. The number of hydrogen-bond donors (Lipinski definition) is 0. The molecular formula is C21H23N3S. The van der Waals surface area contributed by atoms with Gasteiger partial charge in [0, 0.05) is 29.9 Å². The van der Waals surface area contributed by atoms with Crippen molar-refractivity contribution in [2.75, 3.05) is 18.0 Å². The summed E-state index contributed by atoms with van der Waals surface area (Å²) < 4.78 is 0. The SMILES string of the molecule is N#Cc1c(N=Cc2ccc(N3CCCCC3)cc2)sc2c1CCCC2. The molecule has 1 aromatic carbocycles. The Morgan fingerprint density at radius 1 is 1.00 bits per heavy atom. The number of nitriles is 1. The zero-order valence-electron chi connectivity index (χ0n) is 14.5. The first-order valence-electron chi connectivity index (χ1n) is 9.29. The first-order valence-corrected chi connectivity index (χ1v) is 10.1. The summed E-state index contributed by atoms with van der Waals surface area (Å²) in [6, 6.07) is 11.0. The third-order valence-electron chi connectivity index (χ3n) is 5.21. The summed E-state index contributed by atoms with van der Waals surface area (Å²) in [5, 5.41) is 10.4. The Kier molecular flexibility index (Phi) is 4.85. The third-order valence-corrected chi connectivity index (χ3v) is 6.41. The van der Waals surface area contributed by atoms with E-state index in [2.05, 4.69) is 40.2 Å². The molecule has 0 bridgehead atoms. The van der Waals surface area contributed by atoms with E-state index in [1.165, 1.54) is 61.3 Å². The number of anilines is 1. The molecule has 1 saturated heterocycles. The van der Waals surface area contributed by atoms with Crippen molar-refractivity contribution in [2.24, 2.45) is 4.99 Å². The molecule has 3 nitrogen and oxygen atoms in total. The summed E-state index contributed by atoms with van der Waals surface area (Å²) in [5.74, 6) is 0. The van der Waals surface area contributed by atoms with Crippen LogP contribution in [0.1, 0.15) is 53.7 Å². The lowest BCUT2D eigenvalue weighted by molar-refractivity contribution is 0.578. The fourth-order valence-corrected chi connectivity index (χ4v) is 5.00. The number of nitrogens with zero attached hydrogens (tertiary/aromatic N) is 3. The fraction of sp³-hybridized carbons (Fsp3) is 0.429. The molecular weight excluding hydrogens is 326 g/mol. The van der Waals surface area contributed by atoms with E-state index in [1.54, 1.807) is 11.3 Å². The van der Waals surface area contributed by atoms with E-state index in [0.717, 1.165) is 29.0 Å². The maximum atomic E-state index is 9.52. The number of thiophene rings is 1. The molecule has 0 saturated carbocycles. The van der Waals surface area contributed by atoms with Gasteiger partial charge in [-0.05, 0) is 68.2 Å². The van der Waals surface area contributed by atoms with Gasteiger partial charge < -0.3 is 4.90 Å². The van der Waals surface area contributed by atoms with Gasteiger partial charge in [0.05, 0.1) is 5.56 Å². The van der Waals surface area contributed by atoms with Crippen molar-refractivity contribution in [3.8, 4) is 6.07 Å². The van der Waals surface area contributed by atoms with Gasteiger partial charge >= 0.3 is 0 Å². The number of fused-ring (bicyclic) bond motifs is 1. The average molecular weight is 350 g/mol. The lowest BCUT2D eigenvalue weighted by atomic mass is 9.96. The molecule has 1 fully saturated rings. The lowest BCUT2D eigenvalue weighted by Crippen LogP contribution is -2.29. The van der Waals surface area contributed by atoms with E-state index in [0.29, 0.717) is 0 Å². The highest BCUT2D eigenvalue weighted by atomic mass is 32.1. The molecule has 0 spiro atoms. The van der Waals surface area contributed by atoms with Gasteiger partial charge in [0.25, 0.3) is 0 Å². The smallest absolute Gasteiger partial charge is 0.134 e. The first-order chi connectivity index (χ1) is 12.3. The Balaban J connectivity index is 1.52. The first kappa shape index (κ1) is 16.4. The number of aliphatic imine (C=N–C) groups is 1. The molecule has 0 unspecified atom stereocenters. The topological polar surface area (TPSA) is 39.4 Å². The maximum absolute atomic E-state index is 9.52. The quantitative estimate of drug-likeness (QED) is 0.711. The van der Waals surface area contributed by atoms with Crippen LogP contribution in [-0.2, 0) is 12.8 Å². The summed E-state index contributed by atoms with van der Waals surface area (Å²) in [7, 11) is 0. The molecule has 0 atom stereocenters. The number of piperidine rings is 1. The van der Waals surface area contributed by atoms with Gasteiger partial charge in [-0.1, -0.05) is 12.1 Å². The van der Waals surface area contributed by atoms with E-state index in [4.69, 9.17) is 0 Å². The third kappa shape index (κ3) is 3.48. The van der Waals surface area contributed by atoms with E-state index < -0.39 is 0 Å². The van der Waals surface area contributed by atoms with Crippen molar-refractivity contribution in [2.45, 2.75) is 44.9 Å². The molecule has 2 aliphatic rings. The molecule has 1 aliphatic carbocycles. The second kappa shape index (κ2) is 7.41. The summed E-state index contributed by atoms with van der Waals surface area (Å²) in [6.45, 7) is 2.33. The van der Waals surface area contributed by atoms with Crippen LogP contribution in [0, 0.1) is 11.3 Å². The predicted octanol–water partition coefficient (Wildman–Crippen LogP) is 5.24. The van der Waals surface area contributed by atoms with Crippen LogP contribution < -0.4 is 4.90 Å². The zero-order valence-corrected chi connectivity index (χ0v) is 15.3. The molecule has 0 amide bonds. The van der Waals surface area contributed by atoms with Crippen LogP contribution in [0.4, 0.5) is 10.7 Å². The Morgan fingerprint density at radius 2 is 1.76 bits per heavy atom. The zero-order chi connectivity index (χ0) is 17.1. The Bertz CT molecular complexity index is 805. The second-order valence-corrected chi connectivity index (χ2v) is 7.98. The van der Waals surface area contributed by atoms with Crippen LogP contribution in [0.3, 0.4) is 0 Å². The highest BCUT2D eigenvalue weighted by Gasteiger charge is 2.20. The summed E-state index contributed by atoms with van der Waals surface area (Å²) in [5.41, 5.74) is 4.46. The molecule has 25 heavy (non-hydrogen) atoms. The van der Waals surface area contributed by atoms with Crippen LogP contribution in [-0.4, -0.2) is 19.3 Å². The van der Waals surface area contributed by atoms with Crippen LogP contribution in [0.5, 0.6) is 0 Å². The standard InChI is InChI=1S/C21H23N3S/c22-14-19-18-6-2-3-7-20(18)25-21(19)23-15-16-8-10-17(11-9-16)24-12-4-1-5-13-24/h8-11,15H,1-7,12-13H2. The number of rotatable bonds is 3. The monoisotopic (exact) mass is 349 g/mol. The van der Waals surface area contributed by atoms with Crippen molar-refractivity contribution in [3.05, 3.63) is 45.8 Å². The summed E-state index contributed by atoms with van der Waals surface area (Å²) in [6.07, 6.45) is 10.4. The van der Waals surface area contributed by atoms with E-state index >= 15 is 0 Å². The van der Waals surface area contributed by atoms with Gasteiger partial charge in [0.2, 0.25) is 0 Å². The fourth-order valence-electron chi connectivity index (χ4n) is 3.81. The highest BCUT2D eigenvalue weighted by molar-refractivity contribution is 7.16. The van der Waals surface area contributed by atoms with Gasteiger partial charge in [0.1, 0.15) is 11.1 Å². The van der Waals surface area contributed by atoms with Crippen molar-refractivity contribution < 1.29 is 0 Å². The average Bonchev–Trinajstić information content (AvgIpc) is 3.05. The minimum atomic E-state index is 0.806. The molecule has 4 heteroatoms. The van der Waals surface area contributed by atoms with Gasteiger partial charge in [-0.3, -0.25) is 0 Å². The predicted molar refractivity (Wildman–Crippen MR) is 105 cm³/mol. The second-order valence-electron chi connectivity index (χ2n) is 6.90. The Labute approximate surface area is 153 Å². The van der Waals surface area contributed by atoms with E-state index in [9.17, 15) is 5.26 Å². The number of aryl methyl sites for hydroxylation is 1. The number of benzene rings is 1. The maximum Gasteiger partial charge on any atom is 0.134 e. The van der Waals surface area contributed by atoms with Crippen LogP contribution in [0.2, 0.25) is 0 Å². The van der Waals surface area contributed by atoms with Crippen LogP contribution in [0.25, 0.3) is 0 Å². The van der Waals surface area contributed by atoms with Crippen LogP contribution in [0.15, 0.2) is 29.3 Å². The Hall–Kier alpha value is -2.12. The lowest BCUT2D eigenvalue weighted by Gasteiger charge is -2.28. The molecule has 2 aromatic rings. The van der Waals surface area contributed by atoms with Gasteiger partial charge in [-0.15, -0.1) is 11.3 Å². The van der Waals surface area contributed by atoms with Gasteiger partial charge in [-0.25, -0.2) is 4.99 Å². The largest absolute Gasteiger partial charge is 0.372 e. The van der Waals surface area contributed by atoms with Crippen molar-refractivity contribution in [1.82, 2.24) is 0 Å². The minimum Gasteiger partial charge on any atom is -0.372 e. The molecule has 1 aliphatic heterocycles. The van der Waals surface area contributed by atoms with Gasteiger partial charge in [-0.2, -0.15) is 5.26 Å². The number of hydrogen-bond acceptors (Lipinski definition) is 4. The molecule has 4 rings (SSSR count). The highest BCUT2D eigenvalue weighted by Crippen LogP contribution is 2.39.